The van der Waals surface area contributed by atoms with Gasteiger partial charge in [0.15, 0.2) is 0 Å². The van der Waals surface area contributed by atoms with Gasteiger partial charge >= 0.3 is 6.09 Å². The van der Waals surface area contributed by atoms with Crippen LogP contribution in [0.25, 0.3) is 0 Å². The number of nitrogens with zero attached hydrogens (tertiary/aromatic N) is 1. The van der Waals surface area contributed by atoms with E-state index in [1.807, 2.05) is 25.7 Å². The molecule has 3 heteroatoms. The number of piperidine rings is 1. The van der Waals surface area contributed by atoms with Gasteiger partial charge in [-0.05, 0) is 51.9 Å². The molecule has 0 atom stereocenters. The Labute approximate surface area is 98.1 Å². The van der Waals surface area contributed by atoms with Crippen molar-refractivity contribution in [3.05, 3.63) is 0 Å². The van der Waals surface area contributed by atoms with Crippen molar-refractivity contribution in [2.75, 3.05) is 13.1 Å². The van der Waals surface area contributed by atoms with E-state index in [0.717, 1.165) is 13.1 Å². The Morgan fingerprint density at radius 3 is 2.06 bits per heavy atom. The van der Waals surface area contributed by atoms with E-state index >= 15 is 0 Å². The third kappa shape index (κ3) is 2.50. The largest absolute Gasteiger partial charge is 0.444 e. The normalized spacial score (nSPS) is 24.1. The Hall–Kier alpha value is -0.730. The fourth-order valence-electron chi connectivity index (χ4n) is 2.67. The molecule has 0 radical (unpaired) electrons. The van der Waals surface area contributed by atoms with Crippen LogP contribution in [0, 0.1) is 5.41 Å². The van der Waals surface area contributed by atoms with Crippen molar-refractivity contribution in [2.45, 2.75) is 58.5 Å². The Morgan fingerprint density at radius 1 is 1.12 bits per heavy atom. The summed E-state index contributed by atoms with van der Waals surface area (Å²) in [7, 11) is 0. The summed E-state index contributed by atoms with van der Waals surface area (Å²) in [5.41, 5.74) is 0.223. The summed E-state index contributed by atoms with van der Waals surface area (Å²) in [5, 5.41) is 0. The Balaban J connectivity index is 1.82. The van der Waals surface area contributed by atoms with Gasteiger partial charge < -0.3 is 9.64 Å². The van der Waals surface area contributed by atoms with Crippen LogP contribution in [-0.2, 0) is 4.74 Å². The molecule has 1 aliphatic carbocycles. The molecule has 92 valence electrons. The molecule has 1 spiro atoms. The monoisotopic (exact) mass is 225 g/mol. The zero-order valence-electron chi connectivity index (χ0n) is 10.7. The lowest BCUT2D eigenvalue weighted by molar-refractivity contribution is -0.00527. The maximum absolute atomic E-state index is 11.8. The van der Waals surface area contributed by atoms with E-state index in [1.165, 1.54) is 32.1 Å². The molecule has 1 heterocycles. The third-order valence-corrected chi connectivity index (χ3v) is 3.89. The highest BCUT2D eigenvalue weighted by Crippen LogP contribution is 2.48. The smallest absolute Gasteiger partial charge is 0.410 e. The molecule has 1 aliphatic heterocycles. The number of hydrogen-bond donors (Lipinski definition) is 0. The van der Waals surface area contributed by atoms with Gasteiger partial charge in [-0.1, -0.05) is 6.42 Å². The van der Waals surface area contributed by atoms with Crippen LogP contribution in [0.1, 0.15) is 52.9 Å². The molecular formula is C13H23NO2. The summed E-state index contributed by atoms with van der Waals surface area (Å²) in [6.45, 7) is 7.52. The quantitative estimate of drug-likeness (QED) is 0.633. The van der Waals surface area contributed by atoms with Crippen molar-refractivity contribution in [2.24, 2.45) is 5.41 Å². The first-order chi connectivity index (χ1) is 7.40. The first-order valence-corrected chi connectivity index (χ1v) is 6.38. The number of amides is 1. The van der Waals surface area contributed by atoms with Crippen molar-refractivity contribution in [3.8, 4) is 0 Å². The molecule has 0 unspecified atom stereocenters. The maximum Gasteiger partial charge on any atom is 0.410 e. The van der Waals surface area contributed by atoms with Gasteiger partial charge in [-0.15, -0.1) is 0 Å². The van der Waals surface area contributed by atoms with E-state index in [2.05, 4.69) is 0 Å². The summed E-state index contributed by atoms with van der Waals surface area (Å²) >= 11 is 0. The lowest BCUT2D eigenvalue weighted by Gasteiger charge is -2.47. The minimum absolute atomic E-state index is 0.137. The molecule has 0 aromatic heterocycles. The maximum atomic E-state index is 11.8. The number of carbonyl (C=O) groups is 1. The molecule has 2 fully saturated rings. The molecule has 1 amide bonds. The number of likely N-dealkylation sites (tertiary alicyclic amines) is 1. The predicted octanol–water partition coefficient (Wildman–Crippen LogP) is 3.19. The number of rotatable bonds is 0. The number of ether oxygens (including phenoxy) is 1. The molecule has 0 aromatic carbocycles. The average Bonchev–Trinajstić information content (AvgIpc) is 2.13. The first-order valence-electron chi connectivity index (χ1n) is 6.38. The van der Waals surface area contributed by atoms with Crippen molar-refractivity contribution >= 4 is 6.09 Å². The van der Waals surface area contributed by atoms with E-state index in [1.54, 1.807) is 0 Å². The molecule has 0 N–H and O–H groups in total. The second kappa shape index (κ2) is 3.94. The number of carbonyl (C=O) groups excluding carboxylic acids is 1. The van der Waals surface area contributed by atoms with E-state index in [-0.39, 0.29) is 11.7 Å². The highest BCUT2D eigenvalue weighted by atomic mass is 16.6. The van der Waals surface area contributed by atoms with Crippen LogP contribution in [0.3, 0.4) is 0 Å². The zero-order valence-corrected chi connectivity index (χ0v) is 10.7. The van der Waals surface area contributed by atoms with Crippen LogP contribution >= 0.6 is 0 Å². The predicted molar refractivity (Wildman–Crippen MR) is 63.3 cm³/mol. The van der Waals surface area contributed by atoms with Gasteiger partial charge in [0.25, 0.3) is 0 Å². The van der Waals surface area contributed by atoms with Gasteiger partial charge in [-0.2, -0.15) is 0 Å². The molecule has 2 rings (SSSR count). The van der Waals surface area contributed by atoms with E-state index in [4.69, 9.17) is 4.74 Å². The molecule has 0 aromatic rings. The fraction of sp³-hybridized carbons (Fsp3) is 0.923. The van der Waals surface area contributed by atoms with E-state index < -0.39 is 0 Å². The fourth-order valence-corrected chi connectivity index (χ4v) is 2.67. The molecule has 1 saturated heterocycles. The SMILES string of the molecule is CC(C)(C)OC(=O)N1CCC2(CCC2)CC1. The van der Waals surface area contributed by atoms with Crippen molar-refractivity contribution in [1.29, 1.82) is 0 Å². The standard InChI is InChI=1S/C13H23NO2/c1-12(2,3)16-11(15)14-9-7-13(8-10-14)5-4-6-13/h4-10H2,1-3H3. The Kier molecular flexibility index (Phi) is 2.89. The highest BCUT2D eigenvalue weighted by molar-refractivity contribution is 5.68. The topological polar surface area (TPSA) is 29.5 Å². The van der Waals surface area contributed by atoms with Gasteiger partial charge in [0.2, 0.25) is 0 Å². The lowest BCUT2D eigenvalue weighted by atomic mass is 9.63. The van der Waals surface area contributed by atoms with Crippen LogP contribution in [-0.4, -0.2) is 29.7 Å². The Bertz CT molecular complexity index is 266. The average molecular weight is 225 g/mol. The molecule has 3 nitrogen and oxygen atoms in total. The molecule has 0 bridgehead atoms. The first kappa shape index (κ1) is 11.7. The third-order valence-electron chi connectivity index (χ3n) is 3.89. The van der Waals surface area contributed by atoms with Crippen LogP contribution in [0.2, 0.25) is 0 Å². The highest BCUT2D eigenvalue weighted by Gasteiger charge is 2.41. The van der Waals surface area contributed by atoms with Gasteiger partial charge in [-0.25, -0.2) is 4.79 Å². The number of hydrogen-bond acceptors (Lipinski definition) is 2. The summed E-state index contributed by atoms with van der Waals surface area (Å²) in [5.74, 6) is 0. The Morgan fingerprint density at radius 2 is 1.69 bits per heavy atom. The van der Waals surface area contributed by atoms with Crippen molar-refractivity contribution < 1.29 is 9.53 Å². The van der Waals surface area contributed by atoms with Gasteiger partial charge in [0.05, 0.1) is 0 Å². The summed E-state index contributed by atoms with van der Waals surface area (Å²) < 4.78 is 5.38. The van der Waals surface area contributed by atoms with Crippen LogP contribution < -0.4 is 0 Å². The minimum atomic E-state index is -0.372. The minimum Gasteiger partial charge on any atom is -0.444 e. The van der Waals surface area contributed by atoms with E-state index in [0.29, 0.717) is 5.41 Å². The lowest BCUT2D eigenvalue weighted by Crippen LogP contribution is -2.47. The van der Waals surface area contributed by atoms with Gasteiger partial charge in [0, 0.05) is 13.1 Å². The molecule has 2 aliphatic rings. The molecular weight excluding hydrogens is 202 g/mol. The second-order valence-corrected chi connectivity index (χ2v) is 6.32. The van der Waals surface area contributed by atoms with Crippen LogP contribution in [0.5, 0.6) is 0 Å². The zero-order chi connectivity index (χ0) is 11.8. The van der Waals surface area contributed by atoms with Crippen molar-refractivity contribution in [1.82, 2.24) is 4.90 Å². The summed E-state index contributed by atoms with van der Waals surface area (Å²) in [6.07, 6.45) is 6.33. The van der Waals surface area contributed by atoms with Crippen LogP contribution in [0.4, 0.5) is 4.79 Å². The summed E-state index contributed by atoms with van der Waals surface area (Å²) in [6, 6.07) is 0. The van der Waals surface area contributed by atoms with Crippen LogP contribution in [0.15, 0.2) is 0 Å². The van der Waals surface area contributed by atoms with Crippen molar-refractivity contribution in [3.63, 3.8) is 0 Å². The molecule has 16 heavy (non-hydrogen) atoms. The summed E-state index contributed by atoms with van der Waals surface area (Å²) in [4.78, 5) is 13.7. The molecule has 1 saturated carbocycles. The van der Waals surface area contributed by atoms with E-state index in [9.17, 15) is 4.79 Å². The van der Waals surface area contributed by atoms with Gasteiger partial charge in [-0.3, -0.25) is 0 Å². The van der Waals surface area contributed by atoms with Gasteiger partial charge in [0.1, 0.15) is 5.60 Å². The second-order valence-electron chi connectivity index (χ2n) is 6.32.